The molecule has 0 spiro atoms. The van der Waals surface area contributed by atoms with E-state index in [0.717, 1.165) is 0 Å². The minimum atomic E-state index is -1.03. The molecule has 1 aromatic heterocycles. The second-order valence-corrected chi connectivity index (χ2v) is 5.18. The number of pyridine rings is 1. The Morgan fingerprint density at radius 1 is 1.45 bits per heavy atom. The highest BCUT2D eigenvalue weighted by atomic mass is 35.5. The van der Waals surface area contributed by atoms with Gasteiger partial charge in [0, 0.05) is 26.2 Å². The molecular formula is C12H13ClN4O3. The van der Waals surface area contributed by atoms with Crippen LogP contribution in [0, 0.1) is 0 Å². The number of amides is 2. The molecular weight excluding hydrogens is 284 g/mol. The minimum absolute atomic E-state index is 0.0404. The average molecular weight is 297 g/mol. The second kappa shape index (κ2) is 4.82. The van der Waals surface area contributed by atoms with Gasteiger partial charge in [0.1, 0.15) is 16.5 Å². The van der Waals surface area contributed by atoms with Crippen molar-refractivity contribution in [2.75, 3.05) is 31.1 Å². The minimum Gasteiger partial charge on any atom is -0.478 e. The predicted molar refractivity (Wildman–Crippen MR) is 72.3 cm³/mol. The van der Waals surface area contributed by atoms with Crippen LogP contribution in [0.2, 0.25) is 5.15 Å². The van der Waals surface area contributed by atoms with E-state index in [1.165, 1.54) is 12.1 Å². The Kier molecular flexibility index (Phi) is 3.13. The molecule has 2 N–H and O–H groups in total. The van der Waals surface area contributed by atoms with Crippen molar-refractivity contribution in [1.29, 1.82) is 0 Å². The largest absolute Gasteiger partial charge is 0.478 e. The normalized spacial score (nSPS) is 21.6. The number of aromatic nitrogens is 1. The van der Waals surface area contributed by atoms with Gasteiger partial charge in [-0.1, -0.05) is 11.6 Å². The van der Waals surface area contributed by atoms with Crippen LogP contribution in [0.1, 0.15) is 10.4 Å². The number of nitrogens with one attached hydrogen (secondary N) is 1. The fourth-order valence-corrected chi connectivity index (χ4v) is 2.77. The van der Waals surface area contributed by atoms with E-state index in [9.17, 15) is 14.7 Å². The first-order chi connectivity index (χ1) is 9.56. The number of carbonyl (C=O) groups is 2. The summed E-state index contributed by atoms with van der Waals surface area (Å²) in [6.45, 7) is 2.20. The maximum absolute atomic E-state index is 11.5. The summed E-state index contributed by atoms with van der Waals surface area (Å²) in [5.74, 6) is -0.670. The fourth-order valence-electron chi connectivity index (χ4n) is 2.63. The third-order valence-corrected chi connectivity index (χ3v) is 3.81. The summed E-state index contributed by atoms with van der Waals surface area (Å²) in [6, 6.07) is 2.90. The Labute approximate surface area is 120 Å². The third-order valence-electron chi connectivity index (χ3n) is 3.60. The average Bonchev–Trinajstić information content (AvgIpc) is 2.79. The highest BCUT2D eigenvalue weighted by Gasteiger charge is 2.36. The molecule has 0 saturated carbocycles. The molecule has 0 radical (unpaired) electrons. The van der Waals surface area contributed by atoms with Crippen molar-refractivity contribution in [3.05, 3.63) is 22.8 Å². The Morgan fingerprint density at radius 2 is 2.25 bits per heavy atom. The second-order valence-electron chi connectivity index (χ2n) is 4.79. The fraction of sp³-hybridized carbons (Fsp3) is 0.417. The number of halogens is 1. The summed E-state index contributed by atoms with van der Waals surface area (Å²) >= 11 is 5.87. The van der Waals surface area contributed by atoms with Crippen LogP contribution in [0.5, 0.6) is 0 Å². The number of carboxylic acid groups (broad SMARTS) is 1. The van der Waals surface area contributed by atoms with E-state index < -0.39 is 5.97 Å². The molecule has 106 valence electrons. The Bertz CT molecular complexity index is 580. The van der Waals surface area contributed by atoms with E-state index in [4.69, 9.17) is 11.6 Å². The summed E-state index contributed by atoms with van der Waals surface area (Å²) in [6.07, 6.45) is 0. The standard InChI is InChI=1S/C12H13ClN4O3/c13-9-2-1-8(11(18)19)10(15-9)16-3-4-17-7(6-16)5-14-12(17)20/h1-2,7H,3-6H2,(H,14,20)(H,18,19). The van der Waals surface area contributed by atoms with Gasteiger partial charge < -0.3 is 20.2 Å². The first kappa shape index (κ1) is 13.0. The van der Waals surface area contributed by atoms with Crippen LogP contribution in [0.4, 0.5) is 10.6 Å². The van der Waals surface area contributed by atoms with Crippen LogP contribution in [-0.2, 0) is 0 Å². The summed E-state index contributed by atoms with van der Waals surface area (Å²) in [5, 5.41) is 12.3. The lowest BCUT2D eigenvalue weighted by atomic mass is 10.1. The highest BCUT2D eigenvalue weighted by Crippen LogP contribution is 2.24. The van der Waals surface area contributed by atoms with Crippen molar-refractivity contribution >= 4 is 29.4 Å². The van der Waals surface area contributed by atoms with Crippen LogP contribution in [0.15, 0.2) is 12.1 Å². The number of rotatable bonds is 2. The summed E-state index contributed by atoms with van der Waals surface area (Å²) < 4.78 is 0. The molecule has 2 aliphatic heterocycles. The SMILES string of the molecule is O=C(O)c1ccc(Cl)nc1N1CCN2C(=O)NCC2C1. The van der Waals surface area contributed by atoms with Crippen molar-refractivity contribution in [2.24, 2.45) is 0 Å². The number of carboxylic acids is 1. The van der Waals surface area contributed by atoms with Gasteiger partial charge >= 0.3 is 12.0 Å². The molecule has 2 saturated heterocycles. The quantitative estimate of drug-likeness (QED) is 0.783. The molecule has 2 amide bonds. The zero-order chi connectivity index (χ0) is 14.3. The maximum atomic E-state index is 11.5. The molecule has 0 aliphatic carbocycles. The van der Waals surface area contributed by atoms with E-state index in [1.807, 2.05) is 4.90 Å². The van der Waals surface area contributed by atoms with Crippen LogP contribution >= 0.6 is 11.6 Å². The highest BCUT2D eigenvalue weighted by molar-refractivity contribution is 6.29. The summed E-state index contributed by atoms with van der Waals surface area (Å²) in [4.78, 5) is 30.6. The number of piperazine rings is 1. The summed E-state index contributed by atoms with van der Waals surface area (Å²) in [7, 11) is 0. The van der Waals surface area contributed by atoms with Crippen molar-refractivity contribution in [2.45, 2.75) is 6.04 Å². The molecule has 0 aromatic carbocycles. The lowest BCUT2D eigenvalue weighted by Gasteiger charge is -2.37. The van der Waals surface area contributed by atoms with Gasteiger partial charge in [-0.05, 0) is 12.1 Å². The Morgan fingerprint density at radius 3 is 3.00 bits per heavy atom. The zero-order valence-electron chi connectivity index (χ0n) is 10.5. The molecule has 20 heavy (non-hydrogen) atoms. The van der Waals surface area contributed by atoms with E-state index in [-0.39, 0.29) is 22.8 Å². The first-order valence-electron chi connectivity index (χ1n) is 6.25. The van der Waals surface area contributed by atoms with E-state index in [1.54, 1.807) is 4.90 Å². The Hall–Kier alpha value is -2.02. The number of carbonyl (C=O) groups excluding carboxylic acids is 1. The maximum Gasteiger partial charge on any atom is 0.339 e. The number of anilines is 1. The lowest BCUT2D eigenvalue weighted by molar-refractivity contribution is 0.0696. The predicted octanol–water partition coefficient (Wildman–Crippen LogP) is 0.647. The van der Waals surface area contributed by atoms with Crippen LogP contribution in [0.3, 0.4) is 0 Å². The van der Waals surface area contributed by atoms with Crippen molar-refractivity contribution in [3.8, 4) is 0 Å². The molecule has 2 fully saturated rings. The molecule has 3 heterocycles. The van der Waals surface area contributed by atoms with Crippen molar-refractivity contribution in [1.82, 2.24) is 15.2 Å². The number of fused-ring (bicyclic) bond motifs is 1. The van der Waals surface area contributed by atoms with Gasteiger partial charge in [0.2, 0.25) is 0 Å². The van der Waals surface area contributed by atoms with Gasteiger partial charge in [-0.3, -0.25) is 0 Å². The number of urea groups is 1. The molecule has 1 unspecified atom stereocenters. The molecule has 8 heteroatoms. The van der Waals surface area contributed by atoms with Gasteiger partial charge in [0.25, 0.3) is 0 Å². The summed E-state index contributed by atoms with van der Waals surface area (Å²) in [5.41, 5.74) is 0.125. The van der Waals surface area contributed by atoms with Gasteiger partial charge in [0.05, 0.1) is 6.04 Å². The molecule has 2 aliphatic rings. The Balaban J connectivity index is 1.89. The van der Waals surface area contributed by atoms with E-state index in [2.05, 4.69) is 10.3 Å². The molecule has 0 bridgehead atoms. The van der Waals surface area contributed by atoms with Gasteiger partial charge in [-0.2, -0.15) is 0 Å². The van der Waals surface area contributed by atoms with Gasteiger partial charge in [0.15, 0.2) is 0 Å². The zero-order valence-corrected chi connectivity index (χ0v) is 11.3. The van der Waals surface area contributed by atoms with Crippen LogP contribution in [-0.4, -0.2) is 59.2 Å². The van der Waals surface area contributed by atoms with Crippen LogP contribution in [0.25, 0.3) is 0 Å². The van der Waals surface area contributed by atoms with Crippen LogP contribution < -0.4 is 10.2 Å². The molecule has 1 atom stereocenters. The van der Waals surface area contributed by atoms with E-state index >= 15 is 0 Å². The molecule has 7 nitrogen and oxygen atoms in total. The number of aromatic carboxylic acids is 1. The molecule has 3 rings (SSSR count). The lowest BCUT2D eigenvalue weighted by Crippen LogP contribution is -2.52. The molecule has 1 aromatic rings. The topological polar surface area (TPSA) is 85.8 Å². The smallest absolute Gasteiger partial charge is 0.339 e. The van der Waals surface area contributed by atoms with Crippen molar-refractivity contribution < 1.29 is 14.7 Å². The van der Waals surface area contributed by atoms with Crippen molar-refractivity contribution in [3.63, 3.8) is 0 Å². The third kappa shape index (κ3) is 2.14. The monoisotopic (exact) mass is 296 g/mol. The van der Waals surface area contributed by atoms with E-state index in [0.29, 0.717) is 32.0 Å². The number of hydrogen-bond donors (Lipinski definition) is 2. The first-order valence-corrected chi connectivity index (χ1v) is 6.63. The van der Waals surface area contributed by atoms with Gasteiger partial charge in [-0.25, -0.2) is 14.6 Å². The van der Waals surface area contributed by atoms with Gasteiger partial charge in [-0.15, -0.1) is 0 Å². The number of hydrogen-bond acceptors (Lipinski definition) is 4. The number of nitrogens with zero attached hydrogens (tertiary/aromatic N) is 3.